The fraction of sp³-hybridized carbons (Fsp3) is 1.00. The van der Waals surface area contributed by atoms with Crippen molar-refractivity contribution in [3.63, 3.8) is 0 Å². The van der Waals surface area contributed by atoms with Gasteiger partial charge in [-0.05, 0) is 0 Å². The fourth-order valence-corrected chi connectivity index (χ4v) is 3.54. The lowest BCUT2D eigenvalue weighted by Crippen LogP contribution is -2.20. The molecule has 0 amide bonds. The molecule has 0 aromatic heterocycles. The molecule has 1 aliphatic heterocycles. The molecule has 0 spiro atoms. The highest BCUT2D eigenvalue weighted by Crippen LogP contribution is 2.42. The van der Waals surface area contributed by atoms with E-state index in [0.717, 1.165) is 5.82 Å². The van der Waals surface area contributed by atoms with Crippen LogP contribution in [0.15, 0.2) is 0 Å². The van der Waals surface area contributed by atoms with Gasteiger partial charge in [0.25, 0.3) is 0 Å². The van der Waals surface area contributed by atoms with E-state index in [2.05, 4.69) is 28.1 Å². The molecular formula is C17H34B. The lowest BCUT2D eigenvalue weighted by molar-refractivity contribution is 0.451. The third kappa shape index (κ3) is 6.85. The van der Waals surface area contributed by atoms with E-state index in [-0.39, 0.29) is 0 Å². The molecule has 0 nitrogen and oxygen atoms in total. The number of unbranched alkanes of at least 4 members (excludes halogenated alkanes) is 4. The Morgan fingerprint density at radius 2 is 1.72 bits per heavy atom. The second kappa shape index (κ2) is 9.05. The van der Waals surface area contributed by atoms with Gasteiger partial charge in [0.15, 0.2) is 0 Å². The Morgan fingerprint density at radius 1 is 1.00 bits per heavy atom. The first kappa shape index (κ1) is 16.1. The van der Waals surface area contributed by atoms with Gasteiger partial charge >= 0.3 is 0 Å². The summed E-state index contributed by atoms with van der Waals surface area (Å²) in [5.74, 6) is 0.837. The summed E-state index contributed by atoms with van der Waals surface area (Å²) in [5, 5.41) is 0.538. The van der Waals surface area contributed by atoms with Crippen LogP contribution in [-0.2, 0) is 0 Å². The van der Waals surface area contributed by atoms with Crippen LogP contribution in [0.3, 0.4) is 0 Å². The summed E-state index contributed by atoms with van der Waals surface area (Å²) in [6, 6.07) is 0. The van der Waals surface area contributed by atoms with E-state index < -0.39 is 0 Å². The smallest absolute Gasteiger partial charge is 0.0710 e. The van der Waals surface area contributed by atoms with Crippen LogP contribution >= 0.6 is 0 Å². The molecule has 1 aliphatic rings. The van der Waals surface area contributed by atoms with Crippen LogP contribution < -0.4 is 0 Å². The second-order valence-corrected chi connectivity index (χ2v) is 6.92. The summed E-state index contributed by atoms with van der Waals surface area (Å²) >= 11 is 0. The van der Waals surface area contributed by atoms with E-state index in [4.69, 9.17) is 0 Å². The van der Waals surface area contributed by atoms with E-state index in [1.165, 1.54) is 77.0 Å². The molecular weight excluding hydrogens is 215 g/mol. The summed E-state index contributed by atoms with van der Waals surface area (Å²) in [6.45, 7) is 7.25. The topological polar surface area (TPSA) is 0 Å². The molecule has 1 fully saturated rings. The van der Waals surface area contributed by atoms with Crippen molar-refractivity contribution in [1.29, 1.82) is 0 Å². The Bertz CT molecular complexity index is 202. The fourth-order valence-electron chi connectivity index (χ4n) is 3.54. The zero-order chi connectivity index (χ0) is 13.3. The normalized spacial score (nSPS) is 30.1. The summed E-state index contributed by atoms with van der Waals surface area (Å²) in [6.07, 6.45) is 17.2. The highest BCUT2D eigenvalue weighted by Gasteiger charge is 2.27. The van der Waals surface area contributed by atoms with Gasteiger partial charge in [0, 0.05) is 0 Å². The van der Waals surface area contributed by atoms with Crippen LogP contribution in [0.25, 0.3) is 0 Å². The molecule has 0 bridgehead atoms. The Morgan fingerprint density at radius 3 is 2.50 bits per heavy atom. The van der Waals surface area contributed by atoms with E-state index in [1.54, 1.807) is 0 Å². The Hall–Kier alpha value is 0.0649. The lowest BCUT2D eigenvalue weighted by Gasteiger charge is -2.31. The van der Waals surface area contributed by atoms with Crippen molar-refractivity contribution in [2.24, 2.45) is 0 Å². The van der Waals surface area contributed by atoms with Gasteiger partial charge < -0.3 is 0 Å². The summed E-state index contributed by atoms with van der Waals surface area (Å²) in [5.41, 5.74) is 0. The van der Waals surface area contributed by atoms with Gasteiger partial charge in [-0.25, -0.2) is 0 Å². The van der Waals surface area contributed by atoms with Gasteiger partial charge in [-0.1, -0.05) is 109 Å². The van der Waals surface area contributed by atoms with Gasteiger partial charge in [0.1, 0.15) is 7.28 Å². The van der Waals surface area contributed by atoms with Crippen molar-refractivity contribution in [3.05, 3.63) is 0 Å². The van der Waals surface area contributed by atoms with Crippen LogP contribution in [0, 0.1) is 0 Å². The van der Waals surface area contributed by atoms with Crippen molar-refractivity contribution in [2.45, 2.75) is 109 Å². The molecule has 1 saturated heterocycles. The second-order valence-electron chi connectivity index (χ2n) is 6.92. The average Bonchev–Trinajstić information content (AvgIpc) is 2.40. The largest absolute Gasteiger partial charge is 0.121 e. The number of hydrogen-bond donors (Lipinski definition) is 0. The van der Waals surface area contributed by atoms with Gasteiger partial charge in [-0.3, -0.25) is 0 Å². The lowest BCUT2D eigenvalue weighted by atomic mass is 9.43. The van der Waals surface area contributed by atoms with Crippen molar-refractivity contribution in [1.82, 2.24) is 0 Å². The van der Waals surface area contributed by atoms with Crippen LogP contribution in [0.5, 0.6) is 0 Å². The van der Waals surface area contributed by atoms with E-state index >= 15 is 0 Å². The van der Waals surface area contributed by atoms with Crippen molar-refractivity contribution >= 4 is 7.28 Å². The van der Waals surface area contributed by atoms with Gasteiger partial charge in [-0.2, -0.15) is 0 Å². The Balaban J connectivity index is 2.31. The predicted octanol–water partition coefficient (Wildman–Crippen LogP) is 6.39. The van der Waals surface area contributed by atoms with E-state index in [9.17, 15) is 0 Å². The molecule has 0 aliphatic carbocycles. The molecule has 0 aromatic rings. The molecule has 1 rings (SSSR count). The van der Waals surface area contributed by atoms with Gasteiger partial charge in [0.2, 0.25) is 0 Å². The van der Waals surface area contributed by atoms with Gasteiger partial charge in [-0.15, -0.1) is 0 Å². The highest BCUT2D eigenvalue weighted by atomic mass is 14.2. The molecule has 1 heteroatoms. The van der Waals surface area contributed by atoms with Crippen molar-refractivity contribution in [2.75, 3.05) is 0 Å². The molecule has 0 saturated carbocycles. The summed E-state index contributed by atoms with van der Waals surface area (Å²) < 4.78 is 0. The molecule has 18 heavy (non-hydrogen) atoms. The SMILES string of the molecule is CCCCCCC[C@@]1(C)[B][C@@H](C)CCCCCC1. The first-order chi connectivity index (χ1) is 8.66. The molecule has 1 radical (unpaired) electrons. The minimum atomic E-state index is 0.538. The van der Waals surface area contributed by atoms with Crippen LogP contribution in [-0.4, -0.2) is 7.28 Å². The maximum atomic E-state index is 2.71. The quantitative estimate of drug-likeness (QED) is 0.378. The molecule has 1 heterocycles. The van der Waals surface area contributed by atoms with Crippen LogP contribution in [0.2, 0.25) is 11.1 Å². The van der Waals surface area contributed by atoms with Gasteiger partial charge in [0.05, 0.1) is 0 Å². The number of hydrogen-bond acceptors (Lipinski definition) is 0. The van der Waals surface area contributed by atoms with Crippen molar-refractivity contribution < 1.29 is 0 Å². The molecule has 0 unspecified atom stereocenters. The minimum Gasteiger partial charge on any atom is -0.0710 e. The number of rotatable bonds is 6. The molecule has 0 aromatic carbocycles. The third-order valence-corrected chi connectivity index (χ3v) is 4.70. The maximum absolute atomic E-state index is 2.71. The Kier molecular flexibility index (Phi) is 8.10. The standard InChI is InChI=1S/C17H34B/c1-4-5-6-8-11-14-17(3)15-12-9-7-10-13-16(2)18-17/h16H,4-15H2,1-3H3/t16-,17+/m0/s1. The monoisotopic (exact) mass is 249 g/mol. The highest BCUT2D eigenvalue weighted by molar-refractivity contribution is 6.41. The van der Waals surface area contributed by atoms with E-state index in [0.29, 0.717) is 5.31 Å². The van der Waals surface area contributed by atoms with Crippen LogP contribution in [0.4, 0.5) is 0 Å². The zero-order valence-electron chi connectivity index (χ0n) is 13.1. The first-order valence-corrected chi connectivity index (χ1v) is 8.52. The van der Waals surface area contributed by atoms with Crippen molar-refractivity contribution in [3.8, 4) is 0 Å². The summed E-state index contributed by atoms with van der Waals surface area (Å²) in [4.78, 5) is 0. The maximum Gasteiger partial charge on any atom is 0.121 e. The molecule has 0 N–H and O–H groups in total. The minimum absolute atomic E-state index is 0.538. The predicted molar refractivity (Wildman–Crippen MR) is 84.6 cm³/mol. The first-order valence-electron chi connectivity index (χ1n) is 8.52. The molecule has 2 atom stereocenters. The summed E-state index contributed by atoms with van der Waals surface area (Å²) in [7, 11) is 2.71. The average molecular weight is 249 g/mol. The molecule has 105 valence electrons. The zero-order valence-corrected chi connectivity index (χ0v) is 13.1. The van der Waals surface area contributed by atoms with Crippen LogP contribution in [0.1, 0.15) is 97.8 Å². The van der Waals surface area contributed by atoms with E-state index in [1.807, 2.05) is 0 Å². The third-order valence-electron chi connectivity index (χ3n) is 4.70. The Labute approximate surface area is 117 Å².